The number of nitrogens with zero attached hydrogens (tertiary/aromatic N) is 1. The van der Waals surface area contributed by atoms with Gasteiger partial charge in [-0.3, -0.25) is 9.36 Å². The Labute approximate surface area is 404 Å². The molecule has 0 aromatic carbocycles. The quantitative estimate of drug-likeness (QED) is 0.0197. The molecule has 2 unspecified atom stereocenters. The Bertz CT molecular complexity index is 1140. The number of hydrogen-bond donors (Lipinski definition) is 0. The van der Waals surface area contributed by atoms with E-state index in [0.29, 0.717) is 24.1 Å². The van der Waals surface area contributed by atoms with Crippen molar-refractivity contribution in [3.63, 3.8) is 0 Å². The van der Waals surface area contributed by atoms with E-state index in [0.717, 1.165) is 38.5 Å². The smallest absolute Gasteiger partial charge is 0.306 e. The standard InChI is InChI=1S/C56H108NO7P/c1-6-8-10-12-14-16-18-20-22-24-26-27-28-29-30-32-34-36-38-40-42-44-46-48-51-61-53-55(54-63-65(59,60)62-52-50-57(3,4)5)64-56(58)49-47-45-43-41-39-37-35-33-31-25-23-21-19-17-15-13-11-9-7-2/h18,20-21,23-24,26,55H,6-17,19,22,25,27-54H2,1-5H3/b20-18-,23-21-,26-24-. The molecule has 8 nitrogen and oxygen atoms in total. The zero-order valence-corrected chi connectivity index (χ0v) is 44.6. The van der Waals surface area contributed by atoms with Gasteiger partial charge in [-0.25, -0.2) is 0 Å². The Balaban J connectivity index is 4.08. The molecule has 0 heterocycles. The fourth-order valence-electron chi connectivity index (χ4n) is 7.87. The molecule has 0 saturated carbocycles. The van der Waals surface area contributed by atoms with Crippen molar-refractivity contribution in [3.8, 4) is 0 Å². The number of unbranched alkanes of at least 4 members (excludes halogenated alkanes) is 32. The van der Waals surface area contributed by atoms with Crippen LogP contribution in [-0.4, -0.2) is 70.7 Å². The van der Waals surface area contributed by atoms with Crippen LogP contribution in [0.4, 0.5) is 0 Å². The molecule has 9 heteroatoms. The van der Waals surface area contributed by atoms with Gasteiger partial charge in [0.15, 0.2) is 0 Å². The molecule has 0 aliphatic heterocycles. The van der Waals surface area contributed by atoms with E-state index in [-0.39, 0.29) is 25.8 Å². The van der Waals surface area contributed by atoms with Crippen LogP contribution in [0.3, 0.4) is 0 Å². The maximum Gasteiger partial charge on any atom is 0.306 e. The number of carbonyl (C=O) groups is 1. The van der Waals surface area contributed by atoms with Gasteiger partial charge in [-0.1, -0.05) is 217 Å². The third-order valence-corrected chi connectivity index (χ3v) is 13.1. The normalized spacial score (nSPS) is 13.8. The van der Waals surface area contributed by atoms with Gasteiger partial charge in [-0.15, -0.1) is 0 Å². The van der Waals surface area contributed by atoms with Crippen molar-refractivity contribution in [2.75, 3.05) is 54.1 Å². The average Bonchev–Trinajstić information content (AvgIpc) is 3.27. The topological polar surface area (TPSA) is 94.1 Å². The summed E-state index contributed by atoms with van der Waals surface area (Å²) in [6.07, 6.45) is 60.3. The van der Waals surface area contributed by atoms with Gasteiger partial charge in [0.05, 0.1) is 34.4 Å². The number of likely N-dealkylation sites (N-methyl/N-ethyl adjacent to an activating group) is 1. The summed E-state index contributed by atoms with van der Waals surface area (Å²) in [4.78, 5) is 25.2. The van der Waals surface area contributed by atoms with E-state index in [1.54, 1.807) is 0 Å². The lowest BCUT2D eigenvalue weighted by Crippen LogP contribution is -2.37. The summed E-state index contributed by atoms with van der Waals surface area (Å²) in [7, 11) is 1.36. The SMILES string of the molecule is CCCCCCC/C=C\C/C=C\CCCCCCCCCCCCCCOCC(COP(=O)([O-])OCC[N+](C)(C)C)OC(=O)CCCCCCCCCCC/C=C\CCCCCCCC. The van der Waals surface area contributed by atoms with Gasteiger partial charge in [0, 0.05) is 13.0 Å². The molecule has 0 radical (unpaired) electrons. The zero-order valence-electron chi connectivity index (χ0n) is 43.7. The molecule has 0 rings (SSSR count). The van der Waals surface area contributed by atoms with E-state index >= 15 is 0 Å². The van der Waals surface area contributed by atoms with Gasteiger partial charge >= 0.3 is 5.97 Å². The fourth-order valence-corrected chi connectivity index (χ4v) is 8.60. The number of hydrogen-bond acceptors (Lipinski definition) is 7. The number of esters is 1. The second kappa shape index (κ2) is 49.2. The maximum atomic E-state index is 12.8. The molecule has 0 aliphatic rings. The van der Waals surface area contributed by atoms with Gasteiger partial charge in [-0.05, 0) is 70.6 Å². The van der Waals surface area contributed by atoms with Crippen molar-refractivity contribution in [1.29, 1.82) is 0 Å². The summed E-state index contributed by atoms with van der Waals surface area (Å²) in [6, 6.07) is 0. The van der Waals surface area contributed by atoms with Crippen LogP contribution in [-0.2, 0) is 27.9 Å². The molecule has 0 aromatic heterocycles. The minimum atomic E-state index is -4.53. The highest BCUT2D eigenvalue weighted by atomic mass is 31.2. The van der Waals surface area contributed by atoms with Gasteiger partial charge in [-0.2, -0.15) is 0 Å². The number of phosphoric ester groups is 1. The lowest BCUT2D eigenvalue weighted by atomic mass is 10.0. The predicted octanol–water partition coefficient (Wildman–Crippen LogP) is 16.7. The van der Waals surface area contributed by atoms with Crippen LogP contribution in [0.1, 0.15) is 258 Å². The molecule has 65 heavy (non-hydrogen) atoms. The molecule has 0 aromatic rings. The number of carbonyl (C=O) groups excluding carboxylic acids is 1. The molecular weight excluding hydrogens is 830 g/mol. The number of ether oxygens (including phenoxy) is 2. The van der Waals surface area contributed by atoms with Crippen LogP contribution in [0.2, 0.25) is 0 Å². The summed E-state index contributed by atoms with van der Waals surface area (Å²) < 4.78 is 34.8. The molecule has 384 valence electrons. The van der Waals surface area contributed by atoms with Crippen molar-refractivity contribution >= 4 is 13.8 Å². The van der Waals surface area contributed by atoms with Gasteiger partial charge in [0.25, 0.3) is 7.82 Å². The third kappa shape index (κ3) is 53.5. The largest absolute Gasteiger partial charge is 0.756 e. The first-order chi connectivity index (χ1) is 31.6. The van der Waals surface area contributed by atoms with Crippen LogP contribution >= 0.6 is 7.82 Å². The highest BCUT2D eigenvalue weighted by Crippen LogP contribution is 2.38. The first-order valence-corrected chi connectivity index (χ1v) is 29.2. The van der Waals surface area contributed by atoms with Crippen molar-refractivity contribution in [3.05, 3.63) is 36.5 Å². The number of allylic oxidation sites excluding steroid dienone is 6. The Morgan fingerprint density at radius 2 is 0.846 bits per heavy atom. The van der Waals surface area contributed by atoms with Crippen LogP contribution in [0.25, 0.3) is 0 Å². The summed E-state index contributed by atoms with van der Waals surface area (Å²) in [5, 5.41) is 0. The van der Waals surface area contributed by atoms with E-state index in [1.165, 1.54) is 199 Å². The number of rotatable bonds is 52. The van der Waals surface area contributed by atoms with Crippen LogP contribution in [0.15, 0.2) is 36.5 Å². The van der Waals surface area contributed by atoms with Crippen molar-refractivity contribution in [1.82, 2.24) is 0 Å². The Kier molecular flexibility index (Phi) is 48.2. The van der Waals surface area contributed by atoms with E-state index in [1.807, 2.05) is 21.1 Å². The summed E-state index contributed by atoms with van der Waals surface area (Å²) in [5.41, 5.74) is 0. The van der Waals surface area contributed by atoms with Crippen molar-refractivity contribution in [2.24, 2.45) is 0 Å². The molecule has 0 fully saturated rings. The predicted molar refractivity (Wildman–Crippen MR) is 277 cm³/mol. The zero-order chi connectivity index (χ0) is 47.6. The summed E-state index contributed by atoms with van der Waals surface area (Å²) in [5.74, 6) is -0.333. The Hall–Kier alpha value is -1.28. The fraction of sp³-hybridized carbons (Fsp3) is 0.875. The molecule has 2 atom stereocenters. The molecule has 0 spiro atoms. The molecule has 0 bridgehead atoms. The molecular formula is C56H108NO7P. The Morgan fingerprint density at radius 1 is 0.477 bits per heavy atom. The molecule has 0 N–H and O–H groups in total. The van der Waals surface area contributed by atoms with E-state index in [9.17, 15) is 14.3 Å². The lowest BCUT2D eigenvalue weighted by molar-refractivity contribution is -0.870. The third-order valence-electron chi connectivity index (χ3n) is 12.2. The van der Waals surface area contributed by atoms with E-state index < -0.39 is 13.9 Å². The van der Waals surface area contributed by atoms with Gasteiger partial charge in [0.2, 0.25) is 0 Å². The first kappa shape index (κ1) is 63.7. The van der Waals surface area contributed by atoms with Gasteiger partial charge < -0.3 is 27.9 Å². The van der Waals surface area contributed by atoms with Crippen molar-refractivity contribution < 1.29 is 37.3 Å². The first-order valence-electron chi connectivity index (χ1n) is 27.7. The molecule has 0 aliphatic carbocycles. The molecule has 0 saturated heterocycles. The van der Waals surface area contributed by atoms with Crippen LogP contribution < -0.4 is 4.89 Å². The second-order valence-corrected chi connectivity index (χ2v) is 21.3. The Morgan fingerprint density at radius 3 is 1.26 bits per heavy atom. The second-order valence-electron chi connectivity index (χ2n) is 19.9. The highest BCUT2D eigenvalue weighted by molar-refractivity contribution is 7.45. The minimum absolute atomic E-state index is 0.0263. The maximum absolute atomic E-state index is 12.8. The van der Waals surface area contributed by atoms with Crippen LogP contribution in [0, 0.1) is 0 Å². The highest BCUT2D eigenvalue weighted by Gasteiger charge is 2.20. The van der Waals surface area contributed by atoms with Gasteiger partial charge in [0.1, 0.15) is 19.3 Å². The summed E-state index contributed by atoms with van der Waals surface area (Å²) in [6.45, 7) is 5.44. The molecule has 0 amide bonds. The lowest BCUT2D eigenvalue weighted by Gasteiger charge is -2.28. The van der Waals surface area contributed by atoms with Crippen LogP contribution in [0.5, 0.6) is 0 Å². The summed E-state index contributed by atoms with van der Waals surface area (Å²) >= 11 is 0. The average molecular weight is 938 g/mol. The number of phosphoric acid groups is 1. The monoisotopic (exact) mass is 938 g/mol. The minimum Gasteiger partial charge on any atom is -0.756 e. The van der Waals surface area contributed by atoms with E-state index in [4.69, 9.17) is 18.5 Å². The van der Waals surface area contributed by atoms with Crippen molar-refractivity contribution in [2.45, 2.75) is 264 Å². The van der Waals surface area contributed by atoms with E-state index in [2.05, 4.69) is 50.3 Å². The number of quaternary nitrogens is 1.